The van der Waals surface area contributed by atoms with E-state index in [0.717, 1.165) is 87.5 Å². The first-order valence-corrected chi connectivity index (χ1v) is 16.2. The predicted octanol–water partition coefficient (Wildman–Crippen LogP) is 6.21. The van der Waals surface area contributed by atoms with E-state index in [4.69, 9.17) is 0 Å². The number of sulfonamides is 2. The lowest BCUT2D eigenvalue weighted by atomic mass is 9.96. The molecule has 0 spiro atoms. The van der Waals surface area contributed by atoms with Crippen LogP contribution in [0.5, 0.6) is 0 Å². The largest absolute Gasteiger partial charge is 0.253 e. The van der Waals surface area contributed by atoms with Crippen molar-refractivity contribution >= 4 is 32.2 Å². The van der Waals surface area contributed by atoms with Crippen molar-refractivity contribution in [1.82, 2.24) is 7.42 Å². The molecular formula is C26H36N2O4S3. The average Bonchev–Trinajstić information content (AvgIpc) is 2.86. The maximum absolute atomic E-state index is 14.0. The fourth-order valence-corrected chi connectivity index (χ4v) is 10.1. The van der Waals surface area contributed by atoms with E-state index in [1.807, 2.05) is 13.8 Å². The van der Waals surface area contributed by atoms with E-state index < -0.39 is 20.0 Å². The first-order valence-electron chi connectivity index (χ1n) is 12.6. The Morgan fingerprint density at radius 3 is 1.20 bits per heavy atom. The zero-order chi connectivity index (χ0) is 25.1. The summed E-state index contributed by atoms with van der Waals surface area (Å²) in [4.78, 5) is 0.412. The summed E-state index contributed by atoms with van der Waals surface area (Å²) in [5.74, 6) is 0. The third-order valence-corrected chi connectivity index (χ3v) is 12.8. The lowest BCUT2D eigenvalue weighted by Crippen LogP contribution is -2.44. The number of aryl methyl sites for hydroxylation is 2. The Hall–Kier alpha value is -1.39. The fraction of sp³-hybridized carbons (Fsp3) is 0.538. The van der Waals surface area contributed by atoms with Crippen LogP contribution in [0.15, 0.2) is 58.3 Å². The molecule has 0 aromatic heterocycles. The molecule has 0 bridgehead atoms. The maximum atomic E-state index is 14.0. The van der Waals surface area contributed by atoms with Crippen LogP contribution >= 0.6 is 12.1 Å². The van der Waals surface area contributed by atoms with Gasteiger partial charge in [0.1, 0.15) is 0 Å². The van der Waals surface area contributed by atoms with Crippen LogP contribution in [-0.4, -0.2) is 36.3 Å². The van der Waals surface area contributed by atoms with Crippen LogP contribution in [-0.2, 0) is 20.0 Å². The summed E-state index contributed by atoms with van der Waals surface area (Å²) in [5.41, 5.74) is 1.96. The summed E-state index contributed by atoms with van der Waals surface area (Å²) < 4.78 is 58.6. The van der Waals surface area contributed by atoms with Crippen molar-refractivity contribution in [2.24, 2.45) is 0 Å². The van der Waals surface area contributed by atoms with Gasteiger partial charge in [-0.05, 0) is 63.8 Å². The predicted molar refractivity (Wildman–Crippen MR) is 142 cm³/mol. The summed E-state index contributed by atoms with van der Waals surface area (Å²) in [6.07, 6.45) is 8.88. The molecular weight excluding hydrogens is 500 g/mol. The highest BCUT2D eigenvalue weighted by atomic mass is 32.3. The third-order valence-electron chi connectivity index (χ3n) is 7.02. The second-order valence-corrected chi connectivity index (χ2v) is 14.9. The molecule has 2 aromatic rings. The molecule has 2 fully saturated rings. The van der Waals surface area contributed by atoms with Gasteiger partial charge < -0.3 is 0 Å². The van der Waals surface area contributed by atoms with Gasteiger partial charge in [-0.2, -0.15) is 0 Å². The Morgan fingerprint density at radius 1 is 0.571 bits per heavy atom. The van der Waals surface area contributed by atoms with Gasteiger partial charge in [0.05, 0.1) is 9.79 Å². The Kier molecular flexibility index (Phi) is 8.64. The minimum absolute atomic E-state index is 0.206. The summed E-state index contributed by atoms with van der Waals surface area (Å²) >= 11 is 0.906. The summed E-state index contributed by atoms with van der Waals surface area (Å²) in [6, 6.07) is 13.2. The molecule has 0 amide bonds. The van der Waals surface area contributed by atoms with Gasteiger partial charge in [-0.3, -0.25) is 0 Å². The lowest BCUT2D eigenvalue weighted by molar-refractivity contribution is 0.319. The van der Waals surface area contributed by atoms with Gasteiger partial charge in [0, 0.05) is 24.2 Å². The molecule has 2 aliphatic carbocycles. The number of nitrogens with zero attached hydrogens (tertiary/aromatic N) is 2. The minimum Gasteiger partial charge on any atom is -0.206 e. The highest BCUT2D eigenvalue weighted by molar-refractivity contribution is 8.13. The van der Waals surface area contributed by atoms with Crippen LogP contribution in [0.25, 0.3) is 0 Å². The van der Waals surface area contributed by atoms with Crippen molar-refractivity contribution in [2.75, 3.05) is 0 Å². The van der Waals surface area contributed by atoms with Gasteiger partial charge in [0.15, 0.2) is 0 Å². The summed E-state index contributed by atoms with van der Waals surface area (Å²) in [5, 5.41) is 0. The van der Waals surface area contributed by atoms with E-state index in [2.05, 4.69) is 0 Å². The van der Waals surface area contributed by atoms with Crippen LogP contribution in [0.4, 0.5) is 0 Å². The molecule has 0 atom stereocenters. The van der Waals surface area contributed by atoms with Gasteiger partial charge in [0.25, 0.3) is 20.0 Å². The molecule has 0 heterocycles. The second kappa shape index (κ2) is 11.3. The van der Waals surface area contributed by atoms with Crippen molar-refractivity contribution in [3.05, 3.63) is 59.7 Å². The first kappa shape index (κ1) is 26.7. The van der Waals surface area contributed by atoms with Gasteiger partial charge in [-0.15, -0.1) is 7.42 Å². The zero-order valence-corrected chi connectivity index (χ0v) is 23.0. The number of rotatable bonds is 8. The smallest absolute Gasteiger partial charge is 0.206 e. The topological polar surface area (TPSA) is 74.8 Å². The summed E-state index contributed by atoms with van der Waals surface area (Å²) in [6.45, 7) is 3.84. The number of benzene rings is 2. The first-order chi connectivity index (χ1) is 16.7. The maximum Gasteiger partial charge on any atom is 0.253 e. The Morgan fingerprint density at radius 2 is 0.886 bits per heavy atom. The molecule has 6 nitrogen and oxygen atoms in total. The highest BCUT2D eigenvalue weighted by Crippen LogP contribution is 2.40. The van der Waals surface area contributed by atoms with E-state index in [0.29, 0.717) is 0 Å². The van der Waals surface area contributed by atoms with Crippen molar-refractivity contribution in [3.63, 3.8) is 0 Å². The lowest BCUT2D eigenvalue weighted by Gasteiger charge is -2.38. The quantitative estimate of drug-likeness (QED) is 0.375. The number of hydrogen-bond donors (Lipinski definition) is 0. The zero-order valence-electron chi connectivity index (χ0n) is 20.6. The van der Waals surface area contributed by atoms with Crippen molar-refractivity contribution in [3.8, 4) is 0 Å². The fourth-order valence-electron chi connectivity index (χ4n) is 4.90. The monoisotopic (exact) mass is 536 g/mol. The van der Waals surface area contributed by atoms with Crippen molar-refractivity contribution in [2.45, 2.75) is 99.9 Å². The third kappa shape index (κ3) is 6.13. The molecule has 9 heteroatoms. The van der Waals surface area contributed by atoms with Gasteiger partial charge in [0.2, 0.25) is 0 Å². The molecule has 0 aliphatic heterocycles. The molecule has 2 aromatic carbocycles. The van der Waals surface area contributed by atoms with Crippen LogP contribution < -0.4 is 0 Å². The molecule has 0 saturated heterocycles. The molecule has 2 saturated carbocycles. The number of hydrogen-bond acceptors (Lipinski definition) is 5. The minimum atomic E-state index is -3.91. The molecule has 0 radical (unpaired) electrons. The molecule has 4 rings (SSSR count). The van der Waals surface area contributed by atoms with E-state index in [1.54, 1.807) is 48.5 Å². The van der Waals surface area contributed by atoms with Crippen LogP contribution in [0.2, 0.25) is 0 Å². The average molecular weight is 537 g/mol. The Balaban J connectivity index is 1.76. The van der Waals surface area contributed by atoms with E-state index in [1.165, 1.54) is 7.42 Å². The summed E-state index contributed by atoms with van der Waals surface area (Å²) in [7, 11) is -7.82. The van der Waals surface area contributed by atoms with Crippen LogP contribution in [0, 0.1) is 13.8 Å². The normalized spacial score (nSPS) is 18.9. The van der Waals surface area contributed by atoms with E-state index in [9.17, 15) is 16.8 Å². The molecule has 35 heavy (non-hydrogen) atoms. The standard InChI is InChI=1S/C26H36N2O4S3/c1-21-13-17-25(18-14-21)34(29,30)27(23-9-5-3-6-10-23)33-28(24-11-7-4-8-12-24)35(31,32)26-19-15-22(2)16-20-26/h13-20,23-24H,3-12H2,1-2H3. The molecule has 2 aliphatic rings. The van der Waals surface area contributed by atoms with Crippen LogP contribution in [0.3, 0.4) is 0 Å². The van der Waals surface area contributed by atoms with Crippen molar-refractivity contribution < 1.29 is 16.8 Å². The van der Waals surface area contributed by atoms with E-state index >= 15 is 0 Å². The highest BCUT2D eigenvalue weighted by Gasteiger charge is 2.41. The van der Waals surface area contributed by atoms with Crippen LogP contribution in [0.1, 0.15) is 75.3 Å². The SMILES string of the molecule is Cc1ccc(S(=O)(=O)N(SN(C2CCCCC2)S(=O)(=O)c2ccc(C)cc2)C2CCCCC2)cc1. The van der Waals surface area contributed by atoms with E-state index in [-0.39, 0.29) is 21.9 Å². The van der Waals surface area contributed by atoms with Crippen molar-refractivity contribution in [1.29, 1.82) is 0 Å². The molecule has 192 valence electrons. The van der Waals surface area contributed by atoms with Gasteiger partial charge >= 0.3 is 0 Å². The Labute approximate surface area is 215 Å². The second-order valence-electron chi connectivity index (χ2n) is 9.81. The van der Waals surface area contributed by atoms with Gasteiger partial charge in [-0.25, -0.2) is 16.8 Å². The molecule has 0 N–H and O–H groups in total. The Bertz CT molecular complexity index is 1090. The van der Waals surface area contributed by atoms with Gasteiger partial charge in [-0.1, -0.05) is 73.9 Å². The molecule has 0 unspecified atom stereocenters.